The molecule has 1 aliphatic carbocycles. The highest BCUT2D eigenvalue weighted by atomic mass is 19.1. The summed E-state index contributed by atoms with van der Waals surface area (Å²) in [4.78, 5) is 42.8. The van der Waals surface area contributed by atoms with E-state index in [1.54, 1.807) is 13.8 Å². The number of aromatic nitrogens is 2. The zero-order chi connectivity index (χ0) is 22.4. The molecule has 2 N–H and O–H groups in total. The van der Waals surface area contributed by atoms with Crippen LogP contribution in [0.4, 0.5) is 10.2 Å². The van der Waals surface area contributed by atoms with Gasteiger partial charge in [0, 0.05) is 11.1 Å². The Kier molecular flexibility index (Phi) is 5.21. The third kappa shape index (κ3) is 2.97. The van der Waals surface area contributed by atoms with Crippen molar-refractivity contribution in [2.75, 3.05) is 5.73 Å². The van der Waals surface area contributed by atoms with Crippen LogP contribution in [-0.2, 0) is 23.8 Å². The van der Waals surface area contributed by atoms with Crippen LogP contribution >= 0.6 is 0 Å². The van der Waals surface area contributed by atoms with Gasteiger partial charge in [-0.2, -0.15) is 4.98 Å². The van der Waals surface area contributed by atoms with Gasteiger partial charge in [-0.25, -0.2) is 9.18 Å². The summed E-state index contributed by atoms with van der Waals surface area (Å²) in [5, 5.41) is 3.48. The molecule has 5 atom stereocenters. The summed E-state index contributed by atoms with van der Waals surface area (Å²) >= 11 is 0. The second kappa shape index (κ2) is 7.26. The number of fused-ring (bicyclic) bond motifs is 1. The second-order valence-corrected chi connectivity index (χ2v) is 7.68. The quantitative estimate of drug-likeness (QED) is 0.307. The molecule has 2 aliphatic rings. The fourth-order valence-electron chi connectivity index (χ4n) is 3.27. The summed E-state index contributed by atoms with van der Waals surface area (Å²) in [6.07, 6.45) is -4.27. The highest BCUT2D eigenvalue weighted by molar-refractivity contribution is 5.75. The van der Waals surface area contributed by atoms with Crippen molar-refractivity contribution in [2.45, 2.75) is 57.5 Å². The van der Waals surface area contributed by atoms with Crippen LogP contribution in [0.5, 0.6) is 0 Å². The van der Waals surface area contributed by atoms with Crippen LogP contribution in [0.15, 0.2) is 22.2 Å². The van der Waals surface area contributed by atoms with Gasteiger partial charge in [0.2, 0.25) is 11.3 Å². The first kappa shape index (κ1) is 21.5. The summed E-state index contributed by atoms with van der Waals surface area (Å²) in [5.41, 5.74) is 9.14. The Morgan fingerprint density at radius 3 is 2.53 bits per heavy atom. The van der Waals surface area contributed by atoms with E-state index in [1.807, 2.05) is 0 Å². The minimum atomic E-state index is -2.25. The van der Waals surface area contributed by atoms with Gasteiger partial charge in [-0.15, -0.1) is 0 Å². The van der Waals surface area contributed by atoms with Crippen molar-refractivity contribution in [3.05, 3.63) is 33.2 Å². The van der Waals surface area contributed by atoms with E-state index in [9.17, 15) is 14.4 Å². The fraction of sp³-hybridized carbons (Fsp3) is 0.647. The largest absolute Gasteiger partial charge is 0.454 e. The van der Waals surface area contributed by atoms with Crippen LogP contribution in [-0.4, -0.2) is 45.1 Å². The Labute approximate surface area is 169 Å². The van der Waals surface area contributed by atoms with Crippen LogP contribution in [0, 0.1) is 11.8 Å². The third-order valence-electron chi connectivity index (χ3n) is 4.95. The van der Waals surface area contributed by atoms with Crippen molar-refractivity contribution in [1.82, 2.24) is 9.55 Å². The molecule has 3 rings (SSSR count). The van der Waals surface area contributed by atoms with Crippen molar-refractivity contribution in [3.63, 3.8) is 0 Å². The van der Waals surface area contributed by atoms with Gasteiger partial charge in [0.25, 0.3) is 0 Å². The molecule has 162 valence electrons. The fourth-order valence-corrected chi connectivity index (χ4v) is 3.27. The van der Waals surface area contributed by atoms with Crippen molar-refractivity contribution >= 4 is 17.8 Å². The maximum atomic E-state index is 15.7. The Bertz CT molecular complexity index is 991. The second-order valence-electron chi connectivity index (χ2n) is 7.68. The summed E-state index contributed by atoms with van der Waals surface area (Å²) in [5.74, 6) is -2.92. The Hall–Kier alpha value is -3.18. The number of nitrogen functional groups attached to an aromatic ring is 1. The molecule has 13 heteroatoms. The molecule has 1 aromatic rings. The van der Waals surface area contributed by atoms with E-state index in [0.717, 1.165) is 10.8 Å². The maximum Gasteiger partial charge on any atom is 0.351 e. The normalized spacial score (nSPS) is 31.8. The number of anilines is 1. The number of carbonyl (C=O) groups is 2. The predicted molar refractivity (Wildman–Crippen MR) is 98.2 cm³/mol. The molecular weight excluding hydrogens is 403 g/mol. The van der Waals surface area contributed by atoms with E-state index in [1.165, 1.54) is 19.9 Å². The number of alkyl halides is 1. The minimum absolute atomic E-state index is 0.0933. The predicted octanol–water partition coefficient (Wildman–Crippen LogP) is 1.22. The topological polar surface area (TPSA) is 171 Å². The smallest absolute Gasteiger partial charge is 0.351 e. The standard InChI is InChI=1S/C17H21FN6O6/c1-7(2)12(25)28-14-16(30-13(26)8(3)4)10(18)11(29-17(14,16)22-23-20)24-6-5-9(19)21-15(24)27/h5-8,10-11,14H,1-4H3,(H2,19,21,27)/t10-,11+,14?,16+,17?/m0/s1. The van der Waals surface area contributed by atoms with E-state index in [-0.39, 0.29) is 5.82 Å². The van der Waals surface area contributed by atoms with Gasteiger partial charge in [0.05, 0.1) is 11.8 Å². The first-order chi connectivity index (χ1) is 14.0. The van der Waals surface area contributed by atoms with E-state index >= 15 is 4.39 Å². The number of hydrogen-bond donors (Lipinski definition) is 1. The number of rotatable bonds is 6. The molecule has 0 amide bonds. The number of azide groups is 1. The van der Waals surface area contributed by atoms with Gasteiger partial charge in [-0.1, -0.05) is 32.8 Å². The number of hydrogen-bond acceptors (Lipinski definition) is 9. The van der Waals surface area contributed by atoms with Crippen LogP contribution < -0.4 is 11.4 Å². The summed E-state index contributed by atoms with van der Waals surface area (Å²) in [6, 6.07) is 1.24. The van der Waals surface area contributed by atoms with Crippen molar-refractivity contribution in [1.29, 1.82) is 0 Å². The first-order valence-electron chi connectivity index (χ1n) is 9.18. The Balaban J connectivity index is 2.08. The van der Waals surface area contributed by atoms with E-state index < -0.39 is 59.3 Å². The van der Waals surface area contributed by atoms with Gasteiger partial charge in [0.15, 0.2) is 18.5 Å². The molecule has 2 fully saturated rings. The molecule has 0 radical (unpaired) electrons. The molecule has 1 aromatic heterocycles. The average molecular weight is 424 g/mol. The zero-order valence-electron chi connectivity index (χ0n) is 16.7. The van der Waals surface area contributed by atoms with Crippen molar-refractivity contribution < 1.29 is 28.2 Å². The molecule has 12 nitrogen and oxygen atoms in total. The van der Waals surface area contributed by atoms with Crippen LogP contribution in [0.1, 0.15) is 33.9 Å². The van der Waals surface area contributed by atoms with Crippen LogP contribution in [0.2, 0.25) is 0 Å². The van der Waals surface area contributed by atoms with Crippen molar-refractivity contribution in [3.8, 4) is 0 Å². The van der Waals surface area contributed by atoms with Gasteiger partial charge in [-0.3, -0.25) is 14.2 Å². The lowest BCUT2D eigenvalue weighted by molar-refractivity contribution is -0.172. The molecule has 2 heterocycles. The lowest BCUT2D eigenvalue weighted by Gasteiger charge is -2.25. The van der Waals surface area contributed by atoms with Gasteiger partial charge >= 0.3 is 17.6 Å². The number of ether oxygens (including phenoxy) is 3. The molecule has 30 heavy (non-hydrogen) atoms. The molecule has 1 saturated carbocycles. The summed E-state index contributed by atoms with van der Waals surface area (Å²) in [7, 11) is 0. The molecule has 1 aliphatic heterocycles. The monoisotopic (exact) mass is 424 g/mol. The van der Waals surface area contributed by atoms with E-state index in [0.29, 0.717) is 0 Å². The molecule has 0 spiro atoms. The van der Waals surface area contributed by atoms with Crippen LogP contribution in [0.25, 0.3) is 10.4 Å². The number of carbonyl (C=O) groups excluding carboxylic acids is 2. The van der Waals surface area contributed by atoms with Gasteiger partial charge in [0.1, 0.15) is 5.82 Å². The highest BCUT2D eigenvalue weighted by Crippen LogP contribution is 2.68. The van der Waals surface area contributed by atoms with Crippen LogP contribution in [0.3, 0.4) is 0 Å². The molecular formula is C17H21FN6O6. The molecule has 1 saturated heterocycles. The molecule has 0 aromatic carbocycles. The SMILES string of the molecule is CC(C)C(=O)OC1C2(N=[N+]=[N-])O[C@@H](n3ccc(N)nc3=O)[C@H](F)[C@@]12OC(=O)C(C)C. The molecule has 0 bridgehead atoms. The summed E-state index contributed by atoms with van der Waals surface area (Å²) < 4.78 is 32.8. The minimum Gasteiger partial charge on any atom is -0.454 e. The lowest BCUT2D eigenvalue weighted by atomic mass is 10.1. The third-order valence-corrected chi connectivity index (χ3v) is 4.95. The van der Waals surface area contributed by atoms with Gasteiger partial charge in [-0.05, 0) is 11.6 Å². The number of nitrogens with zero attached hydrogens (tertiary/aromatic N) is 5. The lowest BCUT2D eigenvalue weighted by Crippen LogP contribution is -2.42. The Morgan fingerprint density at radius 2 is 2.00 bits per heavy atom. The highest BCUT2D eigenvalue weighted by Gasteiger charge is 2.94. The van der Waals surface area contributed by atoms with Crippen molar-refractivity contribution in [2.24, 2.45) is 17.0 Å². The maximum absolute atomic E-state index is 15.7. The number of nitrogens with two attached hydrogens (primary N) is 1. The van der Waals surface area contributed by atoms with Gasteiger partial charge < -0.3 is 19.9 Å². The Morgan fingerprint density at radius 1 is 1.37 bits per heavy atom. The number of esters is 2. The zero-order valence-corrected chi connectivity index (χ0v) is 16.7. The average Bonchev–Trinajstić information content (AvgIpc) is 3.08. The van der Waals surface area contributed by atoms with E-state index in [2.05, 4.69) is 15.0 Å². The summed E-state index contributed by atoms with van der Waals surface area (Å²) in [6.45, 7) is 6.12. The molecule has 2 unspecified atom stereocenters. The van der Waals surface area contributed by atoms with E-state index in [4.69, 9.17) is 25.5 Å². The number of halogens is 1. The first-order valence-corrected chi connectivity index (χ1v) is 9.18.